The lowest BCUT2D eigenvalue weighted by molar-refractivity contribution is -0.124. The van der Waals surface area contributed by atoms with Crippen LogP contribution in [0.4, 0.5) is 0 Å². The summed E-state index contributed by atoms with van der Waals surface area (Å²) in [7, 11) is 0. The fourth-order valence-corrected chi connectivity index (χ4v) is 3.24. The Morgan fingerprint density at radius 3 is 2.48 bits per heavy atom. The Morgan fingerprint density at radius 1 is 1.10 bits per heavy atom. The molecule has 7 heteroatoms. The molecule has 0 radical (unpaired) electrons. The first-order chi connectivity index (χ1) is 14.0. The summed E-state index contributed by atoms with van der Waals surface area (Å²) >= 11 is 1.57. The zero-order valence-corrected chi connectivity index (χ0v) is 17.1. The van der Waals surface area contributed by atoms with E-state index in [0.29, 0.717) is 17.9 Å². The maximum absolute atomic E-state index is 12.1. The van der Waals surface area contributed by atoms with Gasteiger partial charge in [0.15, 0.2) is 6.61 Å². The summed E-state index contributed by atoms with van der Waals surface area (Å²) in [6.45, 7) is 3.85. The molecule has 3 rings (SSSR count). The second-order valence-corrected chi connectivity index (χ2v) is 7.51. The van der Waals surface area contributed by atoms with Crippen LogP contribution in [0.15, 0.2) is 60.0 Å². The fraction of sp³-hybridized carbons (Fsp3) is 0.227. The lowest BCUT2D eigenvalue weighted by Gasteiger charge is -2.14. The minimum atomic E-state index is -0.561. The maximum atomic E-state index is 12.1. The Bertz CT molecular complexity index is 954. The van der Waals surface area contributed by atoms with E-state index in [0.717, 1.165) is 16.3 Å². The molecule has 1 heterocycles. The largest absolute Gasteiger partial charge is 0.487 e. The second-order valence-electron chi connectivity index (χ2n) is 6.45. The predicted molar refractivity (Wildman–Crippen MR) is 111 cm³/mol. The number of ether oxygens (including phenoxy) is 2. The van der Waals surface area contributed by atoms with Gasteiger partial charge in [-0.1, -0.05) is 30.3 Å². The van der Waals surface area contributed by atoms with Crippen LogP contribution in [0.1, 0.15) is 39.6 Å². The summed E-state index contributed by atoms with van der Waals surface area (Å²) < 4.78 is 10.8. The highest BCUT2D eigenvalue weighted by molar-refractivity contribution is 7.09. The van der Waals surface area contributed by atoms with Gasteiger partial charge in [0.2, 0.25) is 0 Å². The molecule has 1 amide bonds. The molecule has 3 aromatic rings. The van der Waals surface area contributed by atoms with Crippen LogP contribution in [0.2, 0.25) is 0 Å². The topological polar surface area (TPSA) is 77.5 Å². The van der Waals surface area contributed by atoms with Crippen LogP contribution in [0.25, 0.3) is 0 Å². The van der Waals surface area contributed by atoms with Crippen LogP contribution in [-0.2, 0) is 16.1 Å². The van der Waals surface area contributed by atoms with Crippen LogP contribution < -0.4 is 10.1 Å². The molecule has 1 N–H and O–H groups in total. The molecule has 0 aliphatic heterocycles. The van der Waals surface area contributed by atoms with Crippen molar-refractivity contribution < 1.29 is 19.1 Å². The number of amides is 1. The van der Waals surface area contributed by atoms with Crippen molar-refractivity contribution in [3.63, 3.8) is 0 Å². The van der Waals surface area contributed by atoms with Crippen molar-refractivity contribution in [1.29, 1.82) is 0 Å². The lowest BCUT2D eigenvalue weighted by atomic mass is 10.1. The van der Waals surface area contributed by atoms with Crippen LogP contribution in [-0.4, -0.2) is 23.5 Å². The van der Waals surface area contributed by atoms with Crippen molar-refractivity contribution in [1.82, 2.24) is 10.3 Å². The van der Waals surface area contributed by atoms with E-state index < -0.39 is 5.97 Å². The summed E-state index contributed by atoms with van der Waals surface area (Å²) in [6, 6.07) is 16.0. The Kier molecular flexibility index (Phi) is 6.97. The number of benzene rings is 2. The number of aromatic nitrogens is 1. The van der Waals surface area contributed by atoms with Crippen molar-refractivity contribution in [3.8, 4) is 5.75 Å². The first-order valence-corrected chi connectivity index (χ1v) is 10.0. The Balaban J connectivity index is 1.44. The molecule has 0 bridgehead atoms. The number of hydrogen-bond acceptors (Lipinski definition) is 6. The third kappa shape index (κ3) is 6.15. The van der Waals surface area contributed by atoms with E-state index in [1.807, 2.05) is 49.6 Å². The molecule has 0 spiro atoms. The van der Waals surface area contributed by atoms with E-state index >= 15 is 0 Å². The van der Waals surface area contributed by atoms with Gasteiger partial charge in [0.25, 0.3) is 5.91 Å². The molecule has 1 aromatic heterocycles. The van der Waals surface area contributed by atoms with E-state index in [1.165, 1.54) is 0 Å². The van der Waals surface area contributed by atoms with Gasteiger partial charge in [-0.2, -0.15) is 0 Å². The second kappa shape index (κ2) is 9.84. The SMILES string of the molecule is Cc1nc(COc2ccc(C(=O)OCC(=O)N[C@H](C)c3ccccc3)cc2)cs1. The highest BCUT2D eigenvalue weighted by atomic mass is 32.1. The summed E-state index contributed by atoms with van der Waals surface area (Å²) in [5.41, 5.74) is 2.20. The molecule has 0 unspecified atom stereocenters. The highest BCUT2D eigenvalue weighted by Gasteiger charge is 2.13. The van der Waals surface area contributed by atoms with Gasteiger partial charge in [-0.3, -0.25) is 4.79 Å². The standard InChI is InChI=1S/C22H22N2O4S/c1-15(17-6-4-3-5-7-17)23-21(25)13-28-22(26)18-8-10-20(11-9-18)27-12-19-14-29-16(2)24-19/h3-11,14-15H,12-13H2,1-2H3,(H,23,25)/t15-/m1/s1. The number of carbonyl (C=O) groups excluding carboxylic acids is 2. The van der Waals surface area contributed by atoms with Crippen LogP contribution in [0, 0.1) is 6.92 Å². The molecule has 29 heavy (non-hydrogen) atoms. The average Bonchev–Trinajstić information content (AvgIpc) is 3.16. The molecular formula is C22H22N2O4S. The molecule has 0 aliphatic rings. The normalized spacial score (nSPS) is 11.5. The Labute approximate surface area is 173 Å². The van der Waals surface area contributed by atoms with Crippen molar-refractivity contribution >= 4 is 23.2 Å². The van der Waals surface area contributed by atoms with Crippen molar-refractivity contribution in [2.75, 3.05) is 6.61 Å². The van der Waals surface area contributed by atoms with Crippen molar-refractivity contribution in [2.24, 2.45) is 0 Å². The Hall–Kier alpha value is -3.19. The van der Waals surface area contributed by atoms with Gasteiger partial charge >= 0.3 is 5.97 Å². The molecule has 0 saturated carbocycles. The summed E-state index contributed by atoms with van der Waals surface area (Å²) in [6.07, 6.45) is 0. The minimum Gasteiger partial charge on any atom is -0.487 e. The fourth-order valence-electron chi connectivity index (χ4n) is 2.64. The number of nitrogens with zero attached hydrogens (tertiary/aromatic N) is 1. The van der Waals surface area contributed by atoms with Gasteiger partial charge in [0, 0.05) is 5.38 Å². The number of nitrogens with one attached hydrogen (secondary N) is 1. The predicted octanol–water partition coefficient (Wildman–Crippen LogP) is 4.06. The molecule has 1 atom stereocenters. The van der Waals surface area contributed by atoms with Crippen molar-refractivity contribution in [3.05, 3.63) is 81.8 Å². The first kappa shape index (κ1) is 20.5. The van der Waals surface area contributed by atoms with E-state index in [1.54, 1.807) is 35.6 Å². The zero-order valence-electron chi connectivity index (χ0n) is 16.3. The van der Waals surface area contributed by atoms with Crippen LogP contribution >= 0.6 is 11.3 Å². The minimum absolute atomic E-state index is 0.166. The molecular weight excluding hydrogens is 388 g/mol. The van der Waals surface area contributed by atoms with Gasteiger partial charge in [-0.15, -0.1) is 11.3 Å². The quantitative estimate of drug-likeness (QED) is 0.567. The molecule has 0 saturated heterocycles. The average molecular weight is 410 g/mol. The van der Waals surface area contributed by atoms with E-state index in [2.05, 4.69) is 10.3 Å². The third-order valence-corrected chi connectivity index (χ3v) is 4.98. The van der Waals surface area contributed by atoms with Crippen LogP contribution in [0.3, 0.4) is 0 Å². The summed E-state index contributed by atoms with van der Waals surface area (Å²) in [4.78, 5) is 28.5. The number of esters is 1. The lowest BCUT2D eigenvalue weighted by Crippen LogP contribution is -2.31. The number of rotatable bonds is 8. The van der Waals surface area contributed by atoms with Crippen LogP contribution in [0.5, 0.6) is 5.75 Å². The first-order valence-electron chi connectivity index (χ1n) is 9.16. The van der Waals surface area contributed by atoms with E-state index in [4.69, 9.17) is 9.47 Å². The maximum Gasteiger partial charge on any atom is 0.338 e. The van der Waals surface area contributed by atoms with E-state index in [9.17, 15) is 9.59 Å². The summed E-state index contributed by atoms with van der Waals surface area (Å²) in [5, 5.41) is 5.74. The zero-order chi connectivity index (χ0) is 20.6. The van der Waals surface area contributed by atoms with Gasteiger partial charge in [-0.05, 0) is 43.7 Å². The monoisotopic (exact) mass is 410 g/mol. The van der Waals surface area contributed by atoms with Gasteiger partial charge in [0.05, 0.1) is 22.3 Å². The smallest absolute Gasteiger partial charge is 0.338 e. The third-order valence-electron chi connectivity index (χ3n) is 4.15. The molecule has 2 aromatic carbocycles. The van der Waals surface area contributed by atoms with Gasteiger partial charge in [-0.25, -0.2) is 9.78 Å². The molecule has 0 fully saturated rings. The molecule has 0 aliphatic carbocycles. The van der Waals surface area contributed by atoms with Gasteiger partial charge < -0.3 is 14.8 Å². The Morgan fingerprint density at radius 2 is 1.83 bits per heavy atom. The van der Waals surface area contributed by atoms with Gasteiger partial charge in [0.1, 0.15) is 12.4 Å². The molecule has 150 valence electrons. The number of aryl methyl sites for hydroxylation is 1. The number of carbonyl (C=O) groups is 2. The summed E-state index contributed by atoms with van der Waals surface area (Å²) in [5.74, 6) is -0.288. The van der Waals surface area contributed by atoms with E-state index in [-0.39, 0.29) is 18.6 Å². The number of thiazole rings is 1. The van der Waals surface area contributed by atoms with Crippen molar-refractivity contribution in [2.45, 2.75) is 26.5 Å². The molecule has 6 nitrogen and oxygen atoms in total. The highest BCUT2D eigenvalue weighted by Crippen LogP contribution is 2.16. The number of hydrogen-bond donors (Lipinski definition) is 1.